The van der Waals surface area contributed by atoms with E-state index in [4.69, 9.17) is 4.74 Å². The monoisotopic (exact) mass is 283 g/mol. The molecular weight excluding hydrogens is 257 g/mol. The van der Waals surface area contributed by atoms with Crippen molar-refractivity contribution in [3.8, 4) is 5.75 Å². The van der Waals surface area contributed by atoms with Gasteiger partial charge in [0.25, 0.3) is 0 Å². The molecule has 3 nitrogen and oxygen atoms in total. The Balaban J connectivity index is 2.60. The maximum absolute atomic E-state index is 13.3. The topological polar surface area (TPSA) is 41.5 Å². The summed E-state index contributed by atoms with van der Waals surface area (Å²) in [6.07, 6.45) is 0.531. The summed E-state index contributed by atoms with van der Waals surface area (Å²) in [7, 11) is 0. The Morgan fingerprint density at radius 3 is 2.65 bits per heavy atom. The van der Waals surface area contributed by atoms with Crippen LogP contribution in [-0.2, 0) is 6.54 Å². The van der Waals surface area contributed by atoms with Crippen LogP contribution >= 0.6 is 0 Å². The third-order valence-electron chi connectivity index (χ3n) is 2.86. The van der Waals surface area contributed by atoms with Gasteiger partial charge in [-0.3, -0.25) is 0 Å². The first-order chi connectivity index (χ1) is 9.28. The molecule has 0 aliphatic carbocycles. The number of aliphatic hydroxyl groups is 1. The first kappa shape index (κ1) is 16.9. The smallest absolute Gasteiger partial charge is 0.123 e. The number of nitrogens with one attached hydrogen (secondary N) is 1. The average molecular weight is 283 g/mol. The van der Waals surface area contributed by atoms with Crippen LogP contribution in [0.2, 0.25) is 0 Å². The molecule has 0 saturated heterocycles. The van der Waals surface area contributed by atoms with Crippen LogP contribution in [0.5, 0.6) is 5.75 Å². The van der Waals surface area contributed by atoms with Crippen LogP contribution in [0.3, 0.4) is 0 Å². The van der Waals surface area contributed by atoms with Crippen molar-refractivity contribution in [3.05, 3.63) is 29.6 Å². The molecular formula is C16H26FNO2. The fraction of sp³-hybridized carbons (Fsp3) is 0.625. The van der Waals surface area contributed by atoms with Crippen LogP contribution in [0.1, 0.15) is 39.7 Å². The SMILES string of the molecule is CC(C)CNCc1cc(F)ccc1OCCC(C)(C)O. The van der Waals surface area contributed by atoms with Crippen molar-refractivity contribution < 1.29 is 14.2 Å². The highest BCUT2D eigenvalue weighted by molar-refractivity contribution is 5.33. The summed E-state index contributed by atoms with van der Waals surface area (Å²) in [6, 6.07) is 4.53. The standard InChI is InChI=1S/C16H26FNO2/c1-12(2)10-18-11-13-9-14(17)5-6-15(13)20-8-7-16(3,4)19/h5-6,9,12,18-19H,7-8,10-11H2,1-4H3. The van der Waals surface area contributed by atoms with Gasteiger partial charge in [0.1, 0.15) is 11.6 Å². The third-order valence-corrected chi connectivity index (χ3v) is 2.86. The van der Waals surface area contributed by atoms with Crippen molar-refractivity contribution in [2.45, 2.75) is 46.3 Å². The van der Waals surface area contributed by atoms with E-state index < -0.39 is 5.60 Å². The Morgan fingerprint density at radius 2 is 2.05 bits per heavy atom. The zero-order chi connectivity index (χ0) is 15.2. The highest BCUT2D eigenvalue weighted by Gasteiger charge is 2.13. The zero-order valence-corrected chi connectivity index (χ0v) is 12.9. The third kappa shape index (κ3) is 6.87. The van der Waals surface area contributed by atoms with Gasteiger partial charge in [0.15, 0.2) is 0 Å². The predicted octanol–water partition coefficient (Wildman–Crippen LogP) is 3.11. The minimum absolute atomic E-state index is 0.263. The van der Waals surface area contributed by atoms with Gasteiger partial charge in [-0.2, -0.15) is 0 Å². The van der Waals surface area contributed by atoms with Crippen molar-refractivity contribution in [3.63, 3.8) is 0 Å². The molecule has 0 amide bonds. The van der Waals surface area contributed by atoms with E-state index in [1.807, 2.05) is 0 Å². The molecule has 0 heterocycles. The summed E-state index contributed by atoms with van der Waals surface area (Å²) in [6.45, 7) is 9.59. The van der Waals surface area contributed by atoms with Crippen molar-refractivity contribution in [2.24, 2.45) is 5.92 Å². The Morgan fingerprint density at radius 1 is 1.35 bits per heavy atom. The predicted molar refractivity (Wildman–Crippen MR) is 79.4 cm³/mol. The molecule has 0 fully saturated rings. The maximum Gasteiger partial charge on any atom is 0.123 e. The van der Waals surface area contributed by atoms with Crippen molar-refractivity contribution in [1.29, 1.82) is 0 Å². The number of ether oxygens (including phenoxy) is 1. The Labute approximate surface area is 121 Å². The normalized spacial score (nSPS) is 11.9. The summed E-state index contributed by atoms with van der Waals surface area (Å²) >= 11 is 0. The molecule has 0 atom stereocenters. The number of halogens is 1. The Hall–Kier alpha value is -1.13. The fourth-order valence-corrected chi connectivity index (χ4v) is 1.73. The minimum Gasteiger partial charge on any atom is -0.493 e. The van der Waals surface area contributed by atoms with Gasteiger partial charge >= 0.3 is 0 Å². The number of hydrogen-bond donors (Lipinski definition) is 2. The quantitative estimate of drug-likeness (QED) is 0.770. The van der Waals surface area contributed by atoms with E-state index in [-0.39, 0.29) is 5.82 Å². The zero-order valence-electron chi connectivity index (χ0n) is 12.9. The van der Waals surface area contributed by atoms with E-state index >= 15 is 0 Å². The molecule has 20 heavy (non-hydrogen) atoms. The van der Waals surface area contributed by atoms with E-state index in [0.717, 1.165) is 12.1 Å². The van der Waals surface area contributed by atoms with Crippen molar-refractivity contribution in [2.75, 3.05) is 13.2 Å². The minimum atomic E-state index is -0.754. The van der Waals surface area contributed by atoms with Gasteiger partial charge in [-0.1, -0.05) is 13.8 Å². The molecule has 4 heteroatoms. The molecule has 2 N–H and O–H groups in total. The van der Waals surface area contributed by atoms with Crippen LogP contribution in [-0.4, -0.2) is 23.9 Å². The van der Waals surface area contributed by atoms with Crippen molar-refractivity contribution in [1.82, 2.24) is 5.32 Å². The molecule has 0 saturated carbocycles. The van der Waals surface area contributed by atoms with Crippen molar-refractivity contribution >= 4 is 0 Å². The maximum atomic E-state index is 13.3. The van der Waals surface area contributed by atoms with Crippen LogP contribution in [0.4, 0.5) is 4.39 Å². The molecule has 0 aromatic heterocycles. The number of hydrogen-bond acceptors (Lipinski definition) is 3. The van der Waals surface area contributed by atoms with Gasteiger partial charge in [-0.25, -0.2) is 4.39 Å². The fourth-order valence-electron chi connectivity index (χ4n) is 1.73. The highest BCUT2D eigenvalue weighted by atomic mass is 19.1. The first-order valence-corrected chi connectivity index (χ1v) is 7.12. The second-order valence-electron chi connectivity index (χ2n) is 6.19. The van der Waals surface area contributed by atoms with Gasteiger partial charge in [0, 0.05) is 18.5 Å². The summed E-state index contributed by atoms with van der Waals surface area (Å²) in [5.41, 5.74) is 0.0530. The number of rotatable bonds is 8. The first-order valence-electron chi connectivity index (χ1n) is 7.12. The molecule has 0 aliphatic heterocycles. The molecule has 1 aromatic rings. The van der Waals surface area contributed by atoms with Gasteiger partial charge in [0.05, 0.1) is 12.2 Å². The molecule has 0 bridgehead atoms. The molecule has 0 aliphatic rings. The lowest BCUT2D eigenvalue weighted by Crippen LogP contribution is -2.22. The molecule has 1 rings (SSSR count). The summed E-state index contributed by atoms with van der Waals surface area (Å²) < 4.78 is 19.0. The summed E-state index contributed by atoms with van der Waals surface area (Å²) in [5.74, 6) is 0.955. The van der Waals surface area contributed by atoms with Gasteiger partial charge < -0.3 is 15.2 Å². The lowest BCUT2D eigenvalue weighted by Gasteiger charge is -2.18. The molecule has 0 spiro atoms. The van der Waals surface area contributed by atoms with E-state index in [2.05, 4.69) is 19.2 Å². The van der Waals surface area contributed by atoms with Crippen LogP contribution in [0, 0.1) is 11.7 Å². The Bertz CT molecular complexity index is 413. The molecule has 0 unspecified atom stereocenters. The van der Waals surface area contributed by atoms with Gasteiger partial charge in [-0.05, 0) is 44.5 Å². The molecule has 0 radical (unpaired) electrons. The lowest BCUT2D eigenvalue weighted by molar-refractivity contribution is 0.0551. The average Bonchev–Trinajstić information content (AvgIpc) is 2.30. The second kappa shape index (κ2) is 7.60. The molecule has 1 aromatic carbocycles. The van der Waals surface area contributed by atoms with E-state index in [1.165, 1.54) is 12.1 Å². The second-order valence-corrected chi connectivity index (χ2v) is 6.19. The Kier molecular flexibility index (Phi) is 6.43. The lowest BCUT2D eigenvalue weighted by atomic mass is 10.1. The largest absolute Gasteiger partial charge is 0.493 e. The van der Waals surface area contributed by atoms with Gasteiger partial charge in [0.2, 0.25) is 0 Å². The highest BCUT2D eigenvalue weighted by Crippen LogP contribution is 2.21. The summed E-state index contributed by atoms with van der Waals surface area (Å²) in [4.78, 5) is 0. The van der Waals surface area contributed by atoms with Crippen LogP contribution in [0.25, 0.3) is 0 Å². The van der Waals surface area contributed by atoms with E-state index in [0.29, 0.717) is 31.2 Å². The van der Waals surface area contributed by atoms with Gasteiger partial charge in [-0.15, -0.1) is 0 Å². The van der Waals surface area contributed by atoms with Crippen LogP contribution in [0.15, 0.2) is 18.2 Å². The van der Waals surface area contributed by atoms with E-state index in [1.54, 1.807) is 19.9 Å². The van der Waals surface area contributed by atoms with Crippen LogP contribution < -0.4 is 10.1 Å². The number of benzene rings is 1. The summed E-state index contributed by atoms with van der Waals surface area (Å²) in [5, 5.41) is 12.9. The molecule has 114 valence electrons. The van der Waals surface area contributed by atoms with E-state index in [9.17, 15) is 9.50 Å².